The average Bonchev–Trinajstić information content (AvgIpc) is 2.76. The summed E-state index contributed by atoms with van der Waals surface area (Å²) < 4.78 is 25.5. The summed E-state index contributed by atoms with van der Waals surface area (Å²) >= 11 is 0. The van der Waals surface area contributed by atoms with Gasteiger partial charge in [0.2, 0.25) is 0 Å². The van der Waals surface area contributed by atoms with Crippen LogP contribution in [0, 0.1) is 23.1 Å². The summed E-state index contributed by atoms with van der Waals surface area (Å²) in [4.78, 5) is 0. The Morgan fingerprint density at radius 3 is 2.57 bits per heavy atom. The van der Waals surface area contributed by atoms with Crippen LogP contribution in [0.25, 0.3) is 0 Å². The second kappa shape index (κ2) is 4.33. The molecule has 0 spiro atoms. The monoisotopic (exact) mass is 288 g/mol. The van der Waals surface area contributed by atoms with Crippen LogP contribution in [0.4, 0.5) is 4.39 Å². The summed E-state index contributed by atoms with van der Waals surface area (Å²) in [5, 5.41) is 0. The van der Waals surface area contributed by atoms with Crippen molar-refractivity contribution in [3.63, 3.8) is 0 Å². The van der Waals surface area contributed by atoms with Gasteiger partial charge in [-0.25, -0.2) is 4.39 Å². The van der Waals surface area contributed by atoms with Gasteiger partial charge in [0.05, 0.1) is 11.7 Å². The largest absolute Gasteiger partial charge is 0.462 e. The molecule has 21 heavy (non-hydrogen) atoms. The Balaban J connectivity index is 1.51. The molecule has 4 fully saturated rings. The molecule has 112 valence electrons. The summed E-state index contributed by atoms with van der Waals surface area (Å²) in [5.74, 6) is 1.16. The van der Waals surface area contributed by atoms with Gasteiger partial charge in [-0.3, -0.25) is 0 Å². The molecule has 3 saturated carbocycles. The van der Waals surface area contributed by atoms with Gasteiger partial charge < -0.3 is 9.31 Å². The number of rotatable bonds is 2. The lowest BCUT2D eigenvalue weighted by molar-refractivity contribution is -0.199. The second-order valence-corrected chi connectivity index (χ2v) is 7.73. The van der Waals surface area contributed by atoms with E-state index in [1.807, 2.05) is 12.1 Å². The van der Waals surface area contributed by atoms with E-state index in [4.69, 9.17) is 9.31 Å². The number of hydrogen-bond acceptors (Lipinski definition) is 2. The van der Waals surface area contributed by atoms with E-state index >= 15 is 0 Å². The molecule has 3 aliphatic carbocycles. The molecular weight excluding hydrogens is 266 g/mol. The van der Waals surface area contributed by atoms with Crippen molar-refractivity contribution in [1.29, 1.82) is 0 Å². The molecule has 4 heteroatoms. The molecule has 1 saturated heterocycles. The quantitative estimate of drug-likeness (QED) is 0.774. The first-order valence-electron chi connectivity index (χ1n) is 7.97. The van der Waals surface area contributed by atoms with Gasteiger partial charge in [-0.2, -0.15) is 0 Å². The minimum absolute atomic E-state index is 0.150. The Morgan fingerprint density at radius 2 is 1.90 bits per heavy atom. The van der Waals surface area contributed by atoms with Gasteiger partial charge in [-0.15, -0.1) is 0 Å². The first kappa shape index (κ1) is 13.8. The standard InChI is InChI=1S/C17H22BFO2/c1-16(2)12-8-14(16)17(3)15(9-12)20-18(21-17)10-11-4-6-13(19)7-5-11/h4-7,12,14-15H,8-10H2,1-3H3/t12-,14-,15+,17-/m0/s1. The van der Waals surface area contributed by atoms with E-state index in [1.54, 1.807) is 0 Å². The molecule has 0 amide bonds. The van der Waals surface area contributed by atoms with Gasteiger partial charge in [0.1, 0.15) is 5.82 Å². The molecule has 4 aliphatic rings. The summed E-state index contributed by atoms with van der Waals surface area (Å²) in [6.07, 6.45) is 3.30. The Labute approximate surface area is 126 Å². The SMILES string of the molecule is CC1(C)[C@@H]2C[C@H]3OB(Cc4ccc(F)cc4)O[C@@]3(C)[C@H]1C2. The van der Waals surface area contributed by atoms with E-state index in [0.717, 1.165) is 17.9 Å². The van der Waals surface area contributed by atoms with Crippen molar-refractivity contribution in [3.05, 3.63) is 35.6 Å². The van der Waals surface area contributed by atoms with Gasteiger partial charge in [0.25, 0.3) is 0 Å². The van der Waals surface area contributed by atoms with Gasteiger partial charge >= 0.3 is 7.12 Å². The van der Waals surface area contributed by atoms with Crippen LogP contribution in [0.5, 0.6) is 0 Å². The third-order valence-electron chi connectivity index (χ3n) is 6.32. The van der Waals surface area contributed by atoms with Crippen molar-refractivity contribution in [3.8, 4) is 0 Å². The molecule has 2 nitrogen and oxygen atoms in total. The Hall–Kier alpha value is -0.865. The second-order valence-electron chi connectivity index (χ2n) is 7.73. The van der Waals surface area contributed by atoms with Crippen LogP contribution >= 0.6 is 0 Å². The van der Waals surface area contributed by atoms with Crippen molar-refractivity contribution in [2.45, 2.75) is 51.6 Å². The van der Waals surface area contributed by atoms with Gasteiger partial charge in [-0.05, 0) is 54.7 Å². The number of hydrogen-bond donors (Lipinski definition) is 0. The lowest BCUT2D eigenvalue weighted by atomic mass is 9.43. The zero-order valence-corrected chi connectivity index (χ0v) is 12.9. The fourth-order valence-electron chi connectivity index (χ4n) is 4.85. The van der Waals surface area contributed by atoms with Gasteiger partial charge in [-0.1, -0.05) is 26.0 Å². The molecule has 1 aliphatic heterocycles. The molecule has 1 aromatic rings. The lowest BCUT2D eigenvalue weighted by Gasteiger charge is -2.64. The maximum absolute atomic E-state index is 13.0. The fraction of sp³-hybridized carbons (Fsp3) is 0.647. The average molecular weight is 288 g/mol. The Bertz CT molecular complexity index is 558. The van der Waals surface area contributed by atoms with Crippen LogP contribution < -0.4 is 0 Å². The predicted octanol–water partition coefficient (Wildman–Crippen LogP) is 3.64. The molecule has 0 aromatic heterocycles. The van der Waals surface area contributed by atoms with Gasteiger partial charge in [0.15, 0.2) is 0 Å². The van der Waals surface area contributed by atoms with E-state index in [9.17, 15) is 4.39 Å². The van der Waals surface area contributed by atoms with Crippen molar-refractivity contribution < 1.29 is 13.7 Å². The van der Waals surface area contributed by atoms with Crippen LogP contribution in [-0.4, -0.2) is 18.8 Å². The van der Waals surface area contributed by atoms with Crippen molar-refractivity contribution in [2.75, 3.05) is 0 Å². The van der Waals surface area contributed by atoms with E-state index in [2.05, 4.69) is 20.8 Å². The minimum Gasteiger partial charge on any atom is -0.405 e. The molecule has 2 bridgehead atoms. The minimum atomic E-state index is -0.199. The zero-order chi connectivity index (χ0) is 14.8. The lowest BCUT2D eigenvalue weighted by Crippen LogP contribution is -2.65. The van der Waals surface area contributed by atoms with Gasteiger partial charge in [0, 0.05) is 6.32 Å². The maximum Gasteiger partial charge on any atom is 0.462 e. The molecule has 0 unspecified atom stereocenters. The third kappa shape index (κ3) is 1.92. The number of benzene rings is 1. The highest BCUT2D eigenvalue weighted by atomic mass is 19.1. The van der Waals surface area contributed by atoms with Crippen molar-refractivity contribution >= 4 is 7.12 Å². The zero-order valence-electron chi connectivity index (χ0n) is 12.9. The molecule has 1 heterocycles. The molecule has 5 rings (SSSR count). The van der Waals surface area contributed by atoms with Crippen LogP contribution in [0.2, 0.25) is 0 Å². The topological polar surface area (TPSA) is 18.5 Å². The Kier molecular flexibility index (Phi) is 2.84. The van der Waals surface area contributed by atoms with Crippen LogP contribution in [-0.2, 0) is 15.6 Å². The maximum atomic E-state index is 13.0. The van der Waals surface area contributed by atoms with Crippen LogP contribution in [0.3, 0.4) is 0 Å². The predicted molar refractivity (Wildman–Crippen MR) is 80.2 cm³/mol. The van der Waals surface area contributed by atoms with Crippen molar-refractivity contribution in [2.24, 2.45) is 17.3 Å². The third-order valence-corrected chi connectivity index (χ3v) is 6.32. The smallest absolute Gasteiger partial charge is 0.405 e. The molecule has 0 N–H and O–H groups in total. The summed E-state index contributed by atoms with van der Waals surface area (Å²) in [7, 11) is -0.194. The highest BCUT2D eigenvalue weighted by Crippen LogP contribution is 2.65. The number of halogens is 1. The Morgan fingerprint density at radius 1 is 1.19 bits per heavy atom. The summed E-state index contributed by atoms with van der Waals surface area (Å²) in [6, 6.07) is 6.63. The first-order chi connectivity index (χ1) is 9.89. The van der Waals surface area contributed by atoms with Crippen LogP contribution in [0.15, 0.2) is 24.3 Å². The molecule has 0 radical (unpaired) electrons. The molecule has 1 aromatic carbocycles. The normalized spacial score (nSPS) is 39.8. The van der Waals surface area contributed by atoms with E-state index in [-0.39, 0.29) is 24.6 Å². The highest BCUT2D eigenvalue weighted by molar-refractivity contribution is 6.44. The van der Waals surface area contributed by atoms with Crippen molar-refractivity contribution in [1.82, 2.24) is 0 Å². The fourth-order valence-corrected chi connectivity index (χ4v) is 4.85. The first-order valence-corrected chi connectivity index (χ1v) is 7.97. The van der Waals surface area contributed by atoms with E-state index in [1.165, 1.54) is 18.6 Å². The summed E-state index contributed by atoms with van der Waals surface area (Å²) in [6.45, 7) is 6.96. The van der Waals surface area contributed by atoms with E-state index < -0.39 is 0 Å². The molecular formula is C17H22BFO2. The molecule has 4 atom stereocenters. The summed E-state index contributed by atoms with van der Waals surface area (Å²) in [5.41, 5.74) is 1.29. The van der Waals surface area contributed by atoms with Crippen LogP contribution in [0.1, 0.15) is 39.2 Å². The highest BCUT2D eigenvalue weighted by Gasteiger charge is 2.67. The van der Waals surface area contributed by atoms with E-state index in [0.29, 0.717) is 17.7 Å².